The summed E-state index contributed by atoms with van der Waals surface area (Å²) in [6.07, 6.45) is 1.25. The highest BCUT2D eigenvalue weighted by atomic mass is 19.2. The van der Waals surface area contributed by atoms with Gasteiger partial charge < -0.3 is 5.11 Å². The van der Waals surface area contributed by atoms with Crippen molar-refractivity contribution in [2.75, 3.05) is 13.1 Å². The minimum atomic E-state index is -0.887. The second kappa shape index (κ2) is 2.96. The third-order valence-corrected chi connectivity index (χ3v) is 1.72. The highest BCUT2D eigenvalue weighted by molar-refractivity contribution is 5.70. The number of hydrogen-bond donors (Lipinski definition) is 1. The van der Waals surface area contributed by atoms with Crippen molar-refractivity contribution in [1.29, 1.82) is 0 Å². The number of rotatable bonds is 1. The first kappa shape index (κ1) is 7.47. The highest BCUT2D eigenvalue weighted by Gasteiger charge is 2.24. The van der Waals surface area contributed by atoms with Crippen molar-refractivity contribution in [2.24, 2.45) is 5.92 Å². The number of hydrogen-bond acceptors (Lipinski definition) is 2. The fourth-order valence-corrected chi connectivity index (χ4v) is 1.13. The fraction of sp³-hybridized carbons (Fsp3) is 0.833. The molecule has 0 amide bonds. The average molecular weight is 147 g/mol. The van der Waals surface area contributed by atoms with Crippen LogP contribution >= 0.6 is 0 Å². The Balaban J connectivity index is 2.39. The second-order valence-corrected chi connectivity index (χ2v) is 2.55. The maximum atomic E-state index is 12.4. The largest absolute Gasteiger partial charge is 0.481 e. The van der Waals surface area contributed by atoms with Crippen LogP contribution in [-0.4, -0.2) is 29.3 Å². The maximum Gasteiger partial charge on any atom is 0.307 e. The van der Waals surface area contributed by atoms with E-state index in [4.69, 9.17) is 5.11 Å². The lowest BCUT2D eigenvalue weighted by molar-refractivity contribution is -0.146. The molecule has 1 aliphatic rings. The summed E-state index contributed by atoms with van der Waals surface area (Å²) in [6.45, 7) is 0.430. The van der Waals surface area contributed by atoms with Gasteiger partial charge in [0.15, 0.2) is 0 Å². The molecule has 0 bridgehead atoms. The molecule has 1 N–H and O–H groups in total. The first-order valence-corrected chi connectivity index (χ1v) is 3.33. The average Bonchev–Trinajstić information content (AvgIpc) is 1.88. The lowest BCUT2D eigenvalue weighted by Crippen LogP contribution is -2.33. The number of carboxylic acid groups (broad SMARTS) is 1. The number of aliphatic carboxylic acids is 1. The molecule has 0 aromatic carbocycles. The van der Waals surface area contributed by atoms with Crippen molar-refractivity contribution in [1.82, 2.24) is 5.12 Å². The molecule has 1 fully saturated rings. The molecule has 1 aliphatic heterocycles. The van der Waals surface area contributed by atoms with Crippen LogP contribution < -0.4 is 0 Å². The van der Waals surface area contributed by atoms with Crippen LogP contribution in [0.3, 0.4) is 0 Å². The Morgan fingerprint density at radius 2 is 2.40 bits per heavy atom. The number of piperidine rings is 1. The zero-order valence-corrected chi connectivity index (χ0v) is 5.59. The predicted octanol–water partition coefficient (Wildman–Crippen LogP) is 0.667. The van der Waals surface area contributed by atoms with Crippen LogP contribution in [0.5, 0.6) is 0 Å². The second-order valence-electron chi connectivity index (χ2n) is 2.55. The standard InChI is InChI=1S/C6H10FNO2/c7-8-3-1-2-5(4-8)6(9)10/h5H,1-4H2,(H,9,10). The Morgan fingerprint density at radius 1 is 1.70 bits per heavy atom. The summed E-state index contributed by atoms with van der Waals surface area (Å²) >= 11 is 0. The van der Waals surface area contributed by atoms with Gasteiger partial charge in [-0.25, -0.2) is 0 Å². The summed E-state index contributed by atoms with van der Waals surface area (Å²) in [5, 5.41) is 9.03. The Morgan fingerprint density at radius 3 is 2.80 bits per heavy atom. The Labute approximate surface area is 58.4 Å². The topological polar surface area (TPSA) is 40.5 Å². The van der Waals surface area contributed by atoms with Gasteiger partial charge in [0.25, 0.3) is 0 Å². The van der Waals surface area contributed by atoms with Gasteiger partial charge in [0.2, 0.25) is 0 Å². The van der Waals surface area contributed by atoms with Crippen LogP contribution in [0.2, 0.25) is 0 Å². The Bertz CT molecular complexity index is 140. The minimum Gasteiger partial charge on any atom is -0.481 e. The number of nitrogens with zero attached hydrogens (tertiary/aromatic N) is 1. The quantitative estimate of drug-likeness (QED) is 0.554. The predicted molar refractivity (Wildman–Crippen MR) is 33.0 cm³/mol. The minimum absolute atomic E-state index is 0.0509. The molecule has 4 heteroatoms. The SMILES string of the molecule is O=C(O)C1CCCN(F)C1. The third-order valence-electron chi connectivity index (χ3n) is 1.72. The first-order valence-electron chi connectivity index (χ1n) is 3.33. The molecule has 1 heterocycles. The Kier molecular flexibility index (Phi) is 2.21. The van der Waals surface area contributed by atoms with Gasteiger partial charge in [-0.05, 0) is 12.8 Å². The molecule has 0 spiro atoms. The van der Waals surface area contributed by atoms with Crippen molar-refractivity contribution in [3.05, 3.63) is 0 Å². The monoisotopic (exact) mass is 147 g/mol. The maximum absolute atomic E-state index is 12.4. The summed E-state index contributed by atoms with van der Waals surface area (Å²) in [5.74, 6) is -1.39. The molecule has 1 saturated heterocycles. The van der Waals surface area contributed by atoms with E-state index in [0.29, 0.717) is 24.5 Å². The molecule has 0 aliphatic carbocycles. The molecule has 1 unspecified atom stereocenters. The smallest absolute Gasteiger partial charge is 0.307 e. The normalized spacial score (nSPS) is 28.3. The van der Waals surface area contributed by atoms with Crippen molar-refractivity contribution in [3.63, 3.8) is 0 Å². The number of halogens is 1. The summed E-state index contributed by atoms with van der Waals surface area (Å²) in [6, 6.07) is 0. The van der Waals surface area contributed by atoms with Crippen LogP contribution in [0.15, 0.2) is 0 Å². The molecule has 1 atom stereocenters. The van der Waals surface area contributed by atoms with Crippen LogP contribution in [0, 0.1) is 5.92 Å². The van der Waals surface area contributed by atoms with E-state index in [1.54, 1.807) is 0 Å². The van der Waals surface area contributed by atoms with E-state index in [1.807, 2.05) is 0 Å². The van der Waals surface area contributed by atoms with Crippen LogP contribution in [-0.2, 0) is 4.79 Å². The van der Waals surface area contributed by atoms with E-state index in [1.165, 1.54) is 0 Å². The molecule has 0 aromatic rings. The summed E-state index contributed by atoms with van der Waals surface area (Å²) in [7, 11) is 0. The summed E-state index contributed by atoms with van der Waals surface area (Å²) < 4.78 is 12.4. The fourth-order valence-electron chi connectivity index (χ4n) is 1.13. The first-order chi connectivity index (χ1) is 4.70. The highest BCUT2D eigenvalue weighted by Crippen LogP contribution is 2.16. The zero-order chi connectivity index (χ0) is 7.56. The summed E-state index contributed by atoms with van der Waals surface area (Å²) in [5.41, 5.74) is 0. The van der Waals surface area contributed by atoms with E-state index >= 15 is 0 Å². The number of carboxylic acids is 1. The molecule has 10 heavy (non-hydrogen) atoms. The van der Waals surface area contributed by atoms with E-state index in [0.717, 1.165) is 0 Å². The third kappa shape index (κ3) is 1.67. The molecule has 0 radical (unpaired) electrons. The van der Waals surface area contributed by atoms with Crippen molar-refractivity contribution in [3.8, 4) is 0 Å². The van der Waals surface area contributed by atoms with E-state index < -0.39 is 11.9 Å². The lowest BCUT2D eigenvalue weighted by atomic mass is 10.0. The van der Waals surface area contributed by atoms with Crippen molar-refractivity contribution in [2.45, 2.75) is 12.8 Å². The van der Waals surface area contributed by atoms with Crippen LogP contribution in [0.4, 0.5) is 4.48 Å². The van der Waals surface area contributed by atoms with Gasteiger partial charge in [0.1, 0.15) is 0 Å². The van der Waals surface area contributed by atoms with Gasteiger partial charge in [0.05, 0.1) is 5.92 Å². The van der Waals surface area contributed by atoms with Gasteiger partial charge in [-0.2, -0.15) is 0 Å². The molecular formula is C6H10FNO2. The van der Waals surface area contributed by atoms with Gasteiger partial charge in [0, 0.05) is 13.1 Å². The van der Waals surface area contributed by atoms with E-state index in [9.17, 15) is 9.28 Å². The van der Waals surface area contributed by atoms with Gasteiger partial charge >= 0.3 is 5.97 Å². The van der Waals surface area contributed by atoms with E-state index in [-0.39, 0.29) is 6.54 Å². The van der Waals surface area contributed by atoms with Crippen LogP contribution in [0.25, 0.3) is 0 Å². The lowest BCUT2D eigenvalue weighted by Gasteiger charge is -2.22. The molecular weight excluding hydrogens is 137 g/mol. The zero-order valence-electron chi connectivity index (χ0n) is 5.59. The molecule has 58 valence electrons. The van der Waals surface area contributed by atoms with Gasteiger partial charge in [-0.1, -0.05) is 0 Å². The Hall–Kier alpha value is -0.640. The van der Waals surface area contributed by atoms with Gasteiger partial charge in [-0.3, -0.25) is 4.79 Å². The molecule has 0 aromatic heterocycles. The summed E-state index contributed by atoms with van der Waals surface area (Å²) in [4.78, 5) is 10.3. The van der Waals surface area contributed by atoms with Gasteiger partial charge in [-0.15, -0.1) is 9.60 Å². The van der Waals surface area contributed by atoms with Crippen molar-refractivity contribution < 1.29 is 14.4 Å². The molecule has 3 nitrogen and oxygen atoms in total. The molecule has 1 rings (SSSR count). The van der Waals surface area contributed by atoms with E-state index in [2.05, 4.69) is 0 Å². The van der Waals surface area contributed by atoms with Crippen molar-refractivity contribution >= 4 is 5.97 Å². The van der Waals surface area contributed by atoms with Crippen LogP contribution in [0.1, 0.15) is 12.8 Å². The number of carbonyl (C=O) groups is 1. The molecule has 0 saturated carbocycles.